The van der Waals surface area contributed by atoms with Gasteiger partial charge in [0, 0.05) is 12.8 Å². The maximum absolute atomic E-state index is 11.8. The molecule has 1 aliphatic carbocycles. The highest BCUT2D eigenvalue weighted by atomic mass is 16.6. The zero-order valence-corrected chi connectivity index (χ0v) is 16.9. The molecule has 0 aromatic heterocycles. The molecule has 1 aliphatic heterocycles. The lowest BCUT2D eigenvalue weighted by molar-refractivity contribution is -0.147. The van der Waals surface area contributed by atoms with Gasteiger partial charge < -0.3 is 19.3 Å². The zero-order chi connectivity index (χ0) is 19.6. The minimum absolute atomic E-state index is 0.185. The number of aliphatic hydroxyl groups is 1. The highest BCUT2D eigenvalue weighted by molar-refractivity contribution is 5.70. The van der Waals surface area contributed by atoms with Gasteiger partial charge in [-0.3, -0.25) is 9.59 Å². The van der Waals surface area contributed by atoms with Gasteiger partial charge in [-0.05, 0) is 63.2 Å². The zero-order valence-electron chi connectivity index (χ0n) is 16.9. The Balaban J connectivity index is 1.42. The third kappa shape index (κ3) is 9.06. The SMILES string of the molecule is CCC1OC1C[C@@H](C)COC(=O)CCCCC(=O)OCC1CCC(O)CC1. The summed E-state index contributed by atoms with van der Waals surface area (Å²) in [7, 11) is 0. The topological polar surface area (TPSA) is 85.4 Å². The number of carbonyl (C=O) groups is 2. The van der Waals surface area contributed by atoms with Gasteiger partial charge in [0.2, 0.25) is 0 Å². The van der Waals surface area contributed by atoms with Gasteiger partial charge >= 0.3 is 11.9 Å². The summed E-state index contributed by atoms with van der Waals surface area (Å²) >= 11 is 0. The molecular weight excluding hydrogens is 348 g/mol. The second kappa shape index (κ2) is 11.6. The average molecular weight is 385 g/mol. The van der Waals surface area contributed by atoms with E-state index in [0.29, 0.717) is 62.9 Å². The lowest BCUT2D eigenvalue weighted by atomic mass is 9.88. The highest BCUT2D eigenvalue weighted by Crippen LogP contribution is 2.30. The van der Waals surface area contributed by atoms with Crippen molar-refractivity contribution in [2.75, 3.05) is 13.2 Å². The number of hydrogen-bond donors (Lipinski definition) is 1. The van der Waals surface area contributed by atoms with E-state index in [9.17, 15) is 14.7 Å². The van der Waals surface area contributed by atoms with Gasteiger partial charge in [-0.2, -0.15) is 0 Å². The summed E-state index contributed by atoms with van der Waals surface area (Å²) < 4.78 is 16.1. The van der Waals surface area contributed by atoms with Crippen LogP contribution in [0.25, 0.3) is 0 Å². The molecule has 0 aromatic rings. The summed E-state index contributed by atoms with van der Waals surface area (Å²) in [4.78, 5) is 23.6. The van der Waals surface area contributed by atoms with Crippen molar-refractivity contribution in [3.05, 3.63) is 0 Å². The third-order valence-electron chi connectivity index (χ3n) is 5.56. The van der Waals surface area contributed by atoms with Gasteiger partial charge in [-0.15, -0.1) is 0 Å². The molecule has 0 spiro atoms. The van der Waals surface area contributed by atoms with Crippen LogP contribution in [0.5, 0.6) is 0 Å². The van der Waals surface area contributed by atoms with E-state index in [2.05, 4.69) is 13.8 Å². The highest BCUT2D eigenvalue weighted by Gasteiger charge is 2.37. The van der Waals surface area contributed by atoms with E-state index in [0.717, 1.165) is 38.5 Å². The maximum Gasteiger partial charge on any atom is 0.305 e. The first-order valence-corrected chi connectivity index (χ1v) is 10.6. The maximum atomic E-state index is 11.8. The van der Waals surface area contributed by atoms with Crippen LogP contribution in [0.4, 0.5) is 0 Å². The Hall–Kier alpha value is -1.14. The molecule has 1 heterocycles. The molecule has 2 rings (SSSR count). The third-order valence-corrected chi connectivity index (χ3v) is 5.56. The summed E-state index contributed by atoms with van der Waals surface area (Å²) in [6.45, 7) is 5.08. The fourth-order valence-electron chi connectivity index (χ4n) is 3.65. The number of hydrogen-bond acceptors (Lipinski definition) is 6. The van der Waals surface area contributed by atoms with Crippen LogP contribution in [0.15, 0.2) is 0 Å². The van der Waals surface area contributed by atoms with E-state index in [1.54, 1.807) is 0 Å². The minimum Gasteiger partial charge on any atom is -0.465 e. The van der Waals surface area contributed by atoms with Crippen LogP contribution in [0.1, 0.15) is 78.1 Å². The molecule has 1 saturated heterocycles. The Kier molecular flexibility index (Phi) is 9.56. The van der Waals surface area contributed by atoms with Crippen LogP contribution in [0, 0.1) is 11.8 Å². The molecule has 0 amide bonds. The molecule has 156 valence electrons. The molecule has 6 heteroatoms. The molecule has 27 heavy (non-hydrogen) atoms. The molecule has 0 aromatic carbocycles. The molecule has 0 radical (unpaired) electrons. The first kappa shape index (κ1) is 22.2. The van der Waals surface area contributed by atoms with Crippen molar-refractivity contribution < 1.29 is 28.9 Å². The van der Waals surface area contributed by atoms with Crippen LogP contribution in [-0.4, -0.2) is 48.6 Å². The minimum atomic E-state index is -0.196. The van der Waals surface area contributed by atoms with E-state index < -0.39 is 0 Å². The van der Waals surface area contributed by atoms with E-state index in [4.69, 9.17) is 14.2 Å². The Morgan fingerprint density at radius 3 is 2.26 bits per heavy atom. The van der Waals surface area contributed by atoms with Gasteiger partial charge in [0.15, 0.2) is 0 Å². The quantitative estimate of drug-likeness (QED) is 0.315. The van der Waals surface area contributed by atoms with Crippen molar-refractivity contribution in [3.63, 3.8) is 0 Å². The largest absolute Gasteiger partial charge is 0.465 e. The fraction of sp³-hybridized carbons (Fsp3) is 0.905. The molecule has 2 fully saturated rings. The van der Waals surface area contributed by atoms with Gasteiger partial charge in [0.1, 0.15) is 0 Å². The molecule has 6 nitrogen and oxygen atoms in total. The predicted octanol–water partition coefficient (Wildman–Crippen LogP) is 3.39. The molecular formula is C21H36O6. The van der Waals surface area contributed by atoms with Crippen molar-refractivity contribution in [2.45, 2.75) is 96.4 Å². The van der Waals surface area contributed by atoms with Crippen LogP contribution < -0.4 is 0 Å². The number of carbonyl (C=O) groups excluding carboxylic acids is 2. The number of ether oxygens (including phenoxy) is 3. The summed E-state index contributed by atoms with van der Waals surface area (Å²) in [5, 5.41) is 9.47. The number of epoxide rings is 1. The number of aliphatic hydroxyl groups excluding tert-OH is 1. The lowest BCUT2D eigenvalue weighted by Gasteiger charge is -2.24. The normalized spacial score (nSPS) is 28.4. The monoisotopic (exact) mass is 384 g/mol. The van der Waals surface area contributed by atoms with Crippen LogP contribution in [-0.2, 0) is 23.8 Å². The Morgan fingerprint density at radius 2 is 1.67 bits per heavy atom. The molecule has 1 saturated carbocycles. The number of esters is 2. The van der Waals surface area contributed by atoms with Gasteiger partial charge in [0.05, 0.1) is 31.5 Å². The first-order chi connectivity index (χ1) is 13.0. The smallest absolute Gasteiger partial charge is 0.305 e. The second-order valence-electron chi connectivity index (χ2n) is 8.21. The van der Waals surface area contributed by atoms with Crippen LogP contribution in [0.3, 0.4) is 0 Å². The molecule has 1 N–H and O–H groups in total. The molecule has 3 atom stereocenters. The first-order valence-electron chi connectivity index (χ1n) is 10.6. The number of rotatable bonds is 12. The molecule has 2 unspecified atom stereocenters. The summed E-state index contributed by atoms with van der Waals surface area (Å²) in [5.41, 5.74) is 0. The summed E-state index contributed by atoms with van der Waals surface area (Å²) in [5.74, 6) is 0.298. The Labute approximate surface area is 162 Å². The van der Waals surface area contributed by atoms with Gasteiger partial charge in [-0.1, -0.05) is 13.8 Å². The van der Waals surface area contributed by atoms with Crippen molar-refractivity contribution in [2.24, 2.45) is 11.8 Å². The predicted molar refractivity (Wildman–Crippen MR) is 101 cm³/mol. The number of unbranched alkanes of at least 4 members (excludes halogenated alkanes) is 1. The van der Waals surface area contributed by atoms with E-state index in [1.165, 1.54) is 0 Å². The standard InChI is InChI=1S/C21H36O6/c1-3-18-19(27-18)12-15(2)13-25-20(23)6-4-5-7-21(24)26-14-16-8-10-17(22)11-9-16/h15-19,22H,3-14H2,1-2H3/t15-,16?,17?,18?,19?/m1/s1. The Bertz CT molecular complexity index is 458. The van der Waals surface area contributed by atoms with Gasteiger partial charge in [0.25, 0.3) is 0 Å². The average Bonchev–Trinajstić information content (AvgIpc) is 3.41. The van der Waals surface area contributed by atoms with Crippen LogP contribution in [0.2, 0.25) is 0 Å². The fourth-order valence-corrected chi connectivity index (χ4v) is 3.65. The van der Waals surface area contributed by atoms with Crippen molar-refractivity contribution in [3.8, 4) is 0 Å². The van der Waals surface area contributed by atoms with Gasteiger partial charge in [-0.25, -0.2) is 0 Å². The van der Waals surface area contributed by atoms with Crippen molar-refractivity contribution in [1.29, 1.82) is 0 Å². The summed E-state index contributed by atoms with van der Waals surface area (Å²) in [6, 6.07) is 0. The van der Waals surface area contributed by atoms with E-state index in [-0.39, 0.29) is 18.0 Å². The van der Waals surface area contributed by atoms with Crippen LogP contribution >= 0.6 is 0 Å². The van der Waals surface area contributed by atoms with Crippen molar-refractivity contribution >= 4 is 11.9 Å². The molecule has 0 bridgehead atoms. The summed E-state index contributed by atoms with van der Waals surface area (Å²) in [6.07, 6.45) is 7.95. The van der Waals surface area contributed by atoms with Crippen molar-refractivity contribution in [1.82, 2.24) is 0 Å². The van der Waals surface area contributed by atoms with E-state index in [1.807, 2.05) is 0 Å². The lowest BCUT2D eigenvalue weighted by Crippen LogP contribution is -2.22. The Morgan fingerprint density at radius 1 is 1.04 bits per heavy atom. The van der Waals surface area contributed by atoms with E-state index >= 15 is 0 Å². The molecule has 2 aliphatic rings. The second-order valence-corrected chi connectivity index (χ2v) is 8.21.